The molecule has 1 aliphatic rings. The van der Waals surface area contributed by atoms with Gasteiger partial charge in [-0.2, -0.15) is 0 Å². The molecule has 0 aliphatic carbocycles. The number of carboxylic acids is 1. The van der Waals surface area contributed by atoms with Crippen molar-refractivity contribution in [3.05, 3.63) is 35.4 Å². The minimum absolute atomic E-state index is 0.270. The first-order valence-electron chi connectivity index (χ1n) is 5.41. The molecule has 1 heterocycles. The molecule has 0 unspecified atom stereocenters. The monoisotopic (exact) mass is 235 g/mol. The molecular formula is C12H13NO4. The lowest BCUT2D eigenvalue weighted by molar-refractivity contribution is 0.0696. The van der Waals surface area contributed by atoms with E-state index in [-0.39, 0.29) is 11.7 Å². The van der Waals surface area contributed by atoms with E-state index in [1.54, 1.807) is 23.1 Å². The molecule has 0 bridgehead atoms. The Morgan fingerprint density at radius 1 is 1.47 bits per heavy atom. The van der Waals surface area contributed by atoms with Gasteiger partial charge in [0, 0.05) is 6.54 Å². The summed E-state index contributed by atoms with van der Waals surface area (Å²) in [4.78, 5) is 23.6. The minimum Gasteiger partial charge on any atom is -0.478 e. The van der Waals surface area contributed by atoms with Crippen LogP contribution in [-0.4, -0.2) is 41.8 Å². The molecule has 0 spiro atoms. The average molecular weight is 235 g/mol. The number of benzene rings is 1. The normalized spacial score (nSPS) is 14.8. The van der Waals surface area contributed by atoms with Gasteiger partial charge in [-0.1, -0.05) is 12.1 Å². The molecule has 1 aromatic carbocycles. The number of carboxylic acid groups (broad SMARTS) is 1. The van der Waals surface area contributed by atoms with Gasteiger partial charge in [0.25, 0.3) is 0 Å². The number of rotatable bonds is 4. The van der Waals surface area contributed by atoms with Crippen LogP contribution in [0.3, 0.4) is 0 Å². The third-order valence-corrected chi connectivity index (χ3v) is 2.69. The highest BCUT2D eigenvalue weighted by Gasteiger charge is 2.21. The van der Waals surface area contributed by atoms with Gasteiger partial charge < -0.3 is 14.7 Å². The van der Waals surface area contributed by atoms with Crippen molar-refractivity contribution in [2.24, 2.45) is 0 Å². The fraction of sp³-hybridized carbons (Fsp3) is 0.333. The highest BCUT2D eigenvalue weighted by molar-refractivity contribution is 5.87. The van der Waals surface area contributed by atoms with Crippen molar-refractivity contribution < 1.29 is 19.4 Å². The van der Waals surface area contributed by atoms with Gasteiger partial charge in [0.15, 0.2) is 0 Å². The molecule has 90 valence electrons. The first kappa shape index (κ1) is 11.4. The number of amides is 1. The van der Waals surface area contributed by atoms with Gasteiger partial charge in [0.05, 0.1) is 12.1 Å². The van der Waals surface area contributed by atoms with Crippen molar-refractivity contribution >= 4 is 12.1 Å². The number of carbonyl (C=O) groups excluding carboxylic acids is 1. The summed E-state index contributed by atoms with van der Waals surface area (Å²) >= 11 is 0. The Balaban J connectivity index is 1.96. The maximum atomic E-state index is 11.2. The van der Waals surface area contributed by atoms with Crippen molar-refractivity contribution in [2.75, 3.05) is 19.7 Å². The standard InChI is InChI=1S/C12H13NO4/c14-11(15)10-3-1-2-9(8-10)4-5-13-6-7-17-12(13)16/h1-3,8H,4-7H2,(H,14,15). The van der Waals surface area contributed by atoms with Crippen LogP contribution in [-0.2, 0) is 11.2 Å². The Kier molecular flexibility index (Phi) is 3.27. The molecule has 0 aromatic heterocycles. The zero-order chi connectivity index (χ0) is 12.3. The smallest absolute Gasteiger partial charge is 0.409 e. The van der Waals surface area contributed by atoms with Crippen molar-refractivity contribution in [1.82, 2.24) is 4.90 Å². The second-order valence-corrected chi connectivity index (χ2v) is 3.86. The Bertz CT molecular complexity index is 444. The molecule has 2 rings (SSSR count). The van der Waals surface area contributed by atoms with Crippen molar-refractivity contribution in [1.29, 1.82) is 0 Å². The maximum Gasteiger partial charge on any atom is 0.409 e. The fourth-order valence-electron chi connectivity index (χ4n) is 1.75. The van der Waals surface area contributed by atoms with Gasteiger partial charge in [0.1, 0.15) is 6.61 Å². The van der Waals surface area contributed by atoms with Crippen LogP contribution in [0.2, 0.25) is 0 Å². The summed E-state index contributed by atoms with van der Waals surface area (Å²) < 4.78 is 4.81. The summed E-state index contributed by atoms with van der Waals surface area (Å²) in [6, 6.07) is 6.74. The number of aromatic carboxylic acids is 1. The lowest BCUT2D eigenvalue weighted by Crippen LogP contribution is -2.26. The second-order valence-electron chi connectivity index (χ2n) is 3.86. The third-order valence-electron chi connectivity index (χ3n) is 2.69. The summed E-state index contributed by atoms with van der Waals surface area (Å²) in [6.45, 7) is 1.60. The number of hydrogen-bond donors (Lipinski definition) is 1. The molecule has 5 heteroatoms. The summed E-state index contributed by atoms with van der Waals surface area (Å²) in [7, 11) is 0. The van der Waals surface area contributed by atoms with Crippen LogP contribution in [0, 0.1) is 0 Å². The van der Waals surface area contributed by atoms with E-state index in [4.69, 9.17) is 9.84 Å². The molecule has 5 nitrogen and oxygen atoms in total. The largest absolute Gasteiger partial charge is 0.478 e. The molecular weight excluding hydrogens is 222 g/mol. The Morgan fingerprint density at radius 2 is 2.29 bits per heavy atom. The second kappa shape index (κ2) is 4.86. The van der Waals surface area contributed by atoms with Crippen LogP contribution in [0.15, 0.2) is 24.3 Å². The lowest BCUT2D eigenvalue weighted by Gasteiger charge is -2.12. The summed E-state index contributed by atoms with van der Waals surface area (Å²) in [5.41, 5.74) is 1.18. The molecule has 0 saturated carbocycles. The predicted octanol–water partition coefficient (Wildman–Crippen LogP) is 1.38. The van der Waals surface area contributed by atoms with Crippen molar-refractivity contribution in [2.45, 2.75) is 6.42 Å². The van der Waals surface area contributed by atoms with E-state index in [2.05, 4.69) is 0 Å². The molecule has 1 N–H and O–H groups in total. The molecule has 0 atom stereocenters. The molecule has 1 fully saturated rings. The summed E-state index contributed by atoms with van der Waals surface area (Å²) in [6.07, 6.45) is 0.343. The highest BCUT2D eigenvalue weighted by Crippen LogP contribution is 2.09. The molecule has 1 amide bonds. The lowest BCUT2D eigenvalue weighted by atomic mass is 10.1. The predicted molar refractivity (Wildman–Crippen MR) is 60.0 cm³/mol. The van der Waals surface area contributed by atoms with E-state index < -0.39 is 5.97 Å². The van der Waals surface area contributed by atoms with Gasteiger partial charge in [0.2, 0.25) is 0 Å². The van der Waals surface area contributed by atoms with Crippen molar-refractivity contribution in [3.8, 4) is 0 Å². The van der Waals surface area contributed by atoms with Gasteiger partial charge in [-0.05, 0) is 24.1 Å². The van der Waals surface area contributed by atoms with Gasteiger partial charge in [-0.3, -0.25) is 0 Å². The topological polar surface area (TPSA) is 66.8 Å². The average Bonchev–Trinajstić information content (AvgIpc) is 2.72. The van der Waals surface area contributed by atoms with Crippen LogP contribution in [0.25, 0.3) is 0 Å². The van der Waals surface area contributed by atoms with E-state index in [0.29, 0.717) is 26.1 Å². The number of nitrogens with zero attached hydrogens (tertiary/aromatic N) is 1. The zero-order valence-corrected chi connectivity index (χ0v) is 9.26. The number of ether oxygens (including phenoxy) is 1. The van der Waals surface area contributed by atoms with E-state index in [9.17, 15) is 9.59 Å². The maximum absolute atomic E-state index is 11.2. The SMILES string of the molecule is O=C(O)c1cccc(CCN2CCOC2=O)c1. The minimum atomic E-state index is -0.938. The molecule has 1 aromatic rings. The quantitative estimate of drug-likeness (QED) is 0.856. The Labute approximate surface area is 98.6 Å². The Morgan fingerprint density at radius 3 is 2.94 bits per heavy atom. The summed E-state index contributed by atoms with van der Waals surface area (Å²) in [5.74, 6) is -0.938. The van der Waals surface area contributed by atoms with Crippen LogP contribution in [0.1, 0.15) is 15.9 Å². The summed E-state index contributed by atoms with van der Waals surface area (Å²) in [5, 5.41) is 8.85. The molecule has 1 aliphatic heterocycles. The molecule has 0 radical (unpaired) electrons. The molecule has 1 saturated heterocycles. The van der Waals surface area contributed by atoms with Crippen LogP contribution in [0.5, 0.6) is 0 Å². The Hall–Kier alpha value is -2.04. The number of hydrogen-bond acceptors (Lipinski definition) is 3. The van der Waals surface area contributed by atoms with E-state index >= 15 is 0 Å². The van der Waals surface area contributed by atoms with Crippen molar-refractivity contribution in [3.63, 3.8) is 0 Å². The number of carbonyl (C=O) groups is 2. The van der Waals surface area contributed by atoms with Gasteiger partial charge in [-0.15, -0.1) is 0 Å². The molecule has 17 heavy (non-hydrogen) atoms. The van der Waals surface area contributed by atoms with Crippen LogP contribution in [0.4, 0.5) is 4.79 Å². The van der Waals surface area contributed by atoms with E-state index in [1.165, 1.54) is 0 Å². The first-order chi connectivity index (χ1) is 8.16. The first-order valence-corrected chi connectivity index (χ1v) is 5.41. The van der Waals surface area contributed by atoms with Crippen LogP contribution < -0.4 is 0 Å². The fourth-order valence-corrected chi connectivity index (χ4v) is 1.75. The highest BCUT2D eigenvalue weighted by atomic mass is 16.6. The van der Waals surface area contributed by atoms with Crippen LogP contribution >= 0.6 is 0 Å². The third kappa shape index (κ3) is 2.75. The van der Waals surface area contributed by atoms with Gasteiger partial charge in [-0.25, -0.2) is 9.59 Å². The zero-order valence-electron chi connectivity index (χ0n) is 9.26. The van der Waals surface area contributed by atoms with E-state index in [1.807, 2.05) is 6.07 Å². The van der Waals surface area contributed by atoms with E-state index in [0.717, 1.165) is 5.56 Å². The van der Waals surface area contributed by atoms with Gasteiger partial charge >= 0.3 is 12.1 Å². The number of cyclic esters (lactones) is 1.